The van der Waals surface area contributed by atoms with Gasteiger partial charge in [0.1, 0.15) is 24.3 Å². The number of hydrogen-bond acceptors (Lipinski definition) is 7. The van der Waals surface area contributed by atoms with Crippen LogP contribution in [0.3, 0.4) is 0 Å². The smallest absolute Gasteiger partial charge is 0.200 e. The average Bonchev–Trinajstić information content (AvgIpc) is 2.86. The predicted octanol–water partition coefficient (Wildman–Crippen LogP) is 4.23. The van der Waals surface area contributed by atoms with Crippen molar-refractivity contribution in [3.05, 3.63) is 69.9 Å². The van der Waals surface area contributed by atoms with Crippen LogP contribution in [-0.2, 0) is 11.2 Å². The van der Waals surface area contributed by atoms with Crippen LogP contribution in [0.25, 0.3) is 11.3 Å². The van der Waals surface area contributed by atoms with E-state index in [0.29, 0.717) is 57.6 Å². The van der Waals surface area contributed by atoms with Gasteiger partial charge >= 0.3 is 0 Å². The maximum atomic E-state index is 13.0. The third-order valence-electron chi connectivity index (χ3n) is 6.65. The van der Waals surface area contributed by atoms with Crippen LogP contribution in [0.2, 0.25) is 0 Å². The maximum Gasteiger partial charge on any atom is 0.200 e. The molecule has 3 aliphatic heterocycles. The summed E-state index contributed by atoms with van der Waals surface area (Å²) < 4.78 is 30.6. The number of anilines is 1. The van der Waals surface area contributed by atoms with Crippen LogP contribution in [0.15, 0.2) is 67.5 Å². The lowest BCUT2D eigenvalue weighted by molar-refractivity contribution is 0.0539. The summed E-state index contributed by atoms with van der Waals surface area (Å²) >= 11 is 1.70. The van der Waals surface area contributed by atoms with Crippen molar-refractivity contribution in [3.8, 4) is 17.1 Å². The fourth-order valence-electron chi connectivity index (χ4n) is 4.76. The number of rotatable bonds is 6. The monoisotopic (exact) mass is 494 g/mol. The van der Waals surface area contributed by atoms with E-state index in [9.17, 15) is 9.18 Å². The molecule has 0 amide bonds. The highest BCUT2D eigenvalue weighted by molar-refractivity contribution is 7.99. The summed E-state index contributed by atoms with van der Waals surface area (Å²) in [5, 5.41) is 0. The molecule has 0 bridgehead atoms. The van der Waals surface area contributed by atoms with E-state index < -0.39 is 6.17 Å². The molecular formula is C27H27FN2O4S. The highest BCUT2D eigenvalue weighted by Crippen LogP contribution is 2.45. The molecule has 0 saturated carbocycles. The van der Waals surface area contributed by atoms with Crippen molar-refractivity contribution in [2.45, 2.75) is 22.4 Å². The molecule has 8 heteroatoms. The highest BCUT2D eigenvalue weighted by atomic mass is 32.2. The highest BCUT2D eigenvalue weighted by Gasteiger charge is 2.26. The Hall–Kier alpha value is -2.81. The third kappa shape index (κ3) is 4.83. The van der Waals surface area contributed by atoms with Crippen LogP contribution in [0, 0.1) is 0 Å². The Morgan fingerprint density at radius 1 is 1.06 bits per heavy atom. The molecule has 0 N–H and O–H groups in total. The summed E-state index contributed by atoms with van der Waals surface area (Å²) in [6.45, 7) is 5.00. The van der Waals surface area contributed by atoms with Gasteiger partial charge in [-0.25, -0.2) is 4.39 Å². The molecule has 0 spiro atoms. The van der Waals surface area contributed by atoms with Gasteiger partial charge < -0.3 is 18.8 Å². The molecular weight excluding hydrogens is 467 g/mol. The first kappa shape index (κ1) is 22.6. The fourth-order valence-corrected chi connectivity index (χ4v) is 5.92. The lowest BCUT2D eigenvalue weighted by Crippen LogP contribution is -2.49. The van der Waals surface area contributed by atoms with E-state index in [1.54, 1.807) is 23.9 Å². The summed E-state index contributed by atoms with van der Waals surface area (Å²) in [6, 6.07) is 15.5. The number of ether oxygens (including phenoxy) is 2. The summed E-state index contributed by atoms with van der Waals surface area (Å²) in [5.74, 6) is 2.02. The molecule has 6 nitrogen and oxygen atoms in total. The minimum absolute atomic E-state index is 0.0615. The van der Waals surface area contributed by atoms with Gasteiger partial charge in [0.25, 0.3) is 0 Å². The van der Waals surface area contributed by atoms with Crippen LogP contribution < -0.4 is 15.1 Å². The van der Waals surface area contributed by atoms with Crippen molar-refractivity contribution in [3.63, 3.8) is 0 Å². The number of nitrogens with zero attached hydrogens (tertiary/aromatic N) is 2. The molecule has 0 aliphatic carbocycles. The number of morpholine rings is 1. The number of halogens is 1. The normalized spacial score (nSPS) is 18.0. The van der Waals surface area contributed by atoms with Crippen molar-refractivity contribution in [2.24, 2.45) is 0 Å². The van der Waals surface area contributed by atoms with E-state index in [0.717, 1.165) is 29.2 Å². The minimum atomic E-state index is -0.685. The van der Waals surface area contributed by atoms with Crippen molar-refractivity contribution < 1.29 is 18.3 Å². The Bertz CT molecular complexity index is 1280. The van der Waals surface area contributed by atoms with Crippen molar-refractivity contribution in [2.75, 3.05) is 57.4 Å². The fraction of sp³-hybridized carbons (Fsp3) is 0.370. The van der Waals surface area contributed by atoms with Crippen LogP contribution in [-0.4, -0.2) is 63.6 Å². The van der Waals surface area contributed by atoms with Crippen molar-refractivity contribution in [1.82, 2.24) is 4.90 Å². The van der Waals surface area contributed by atoms with Gasteiger partial charge in [-0.1, -0.05) is 30.0 Å². The molecule has 182 valence electrons. The lowest BCUT2D eigenvalue weighted by Gasteiger charge is -2.33. The van der Waals surface area contributed by atoms with Crippen LogP contribution in [0.1, 0.15) is 11.1 Å². The van der Waals surface area contributed by atoms with Gasteiger partial charge in [0.05, 0.1) is 13.2 Å². The second-order valence-electron chi connectivity index (χ2n) is 9.14. The zero-order chi connectivity index (χ0) is 23.8. The third-order valence-corrected chi connectivity index (χ3v) is 7.96. The van der Waals surface area contributed by atoms with Gasteiger partial charge in [-0.05, 0) is 35.7 Å². The van der Waals surface area contributed by atoms with Crippen molar-refractivity contribution >= 4 is 17.6 Å². The zero-order valence-corrected chi connectivity index (χ0v) is 20.2. The predicted molar refractivity (Wildman–Crippen MR) is 134 cm³/mol. The molecule has 2 aromatic carbocycles. The van der Waals surface area contributed by atoms with Gasteiger partial charge in [-0.2, -0.15) is 0 Å². The summed E-state index contributed by atoms with van der Waals surface area (Å²) in [6.07, 6.45) is 0.0989. The van der Waals surface area contributed by atoms with Gasteiger partial charge in [-0.3, -0.25) is 9.69 Å². The van der Waals surface area contributed by atoms with Crippen LogP contribution >= 0.6 is 11.8 Å². The molecule has 1 aromatic heterocycles. The number of fused-ring (bicyclic) bond motifs is 2. The van der Waals surface area contributed by atoms with Crippen LogP contribution in [0.5, 0.6) is 5.75 Å². The van der Waals surface area contributed by atoms with Crippen LogP contribution in [0.4, 0.5) is 10.3 Å². The summed E-state index contributed by atoms with van der Waals surface area (Å²) in [4.78, 5) is 19.0. The average molecular weight is 495 g/mol. The molecule has 4 heterocycles. The number of alkyl halides is 1. The molecule has 3 aromatic rings. The van der Waals surface area contributed by atoms with E-state index >= 15 is 0 Å². The minimum Gasteiger partial charge on any atom is -0.492 e. The topological polar surface area (TPSA) is 55.2 Å². The zero-order valence-electron chi connectivity index (χ0n) is 19.4. The van der Waals surface area contributed by atoms with Gasteiger partial charge in [-0.15, -0.1) is 0 Å². The maximum absolute atomic E-state index is 13.0. The number of benzene rings is 2. The first-order valence-electron chi connectivity index (χ1n) is 12.0. The Kier molecular flexibility index (Phi) is 6.26. The first-order valence-corrected chi connectivity index (χ1v) is 12.8. The number of likely N-dealkylation sites (tertiary alicyclic amines) is 1. The Morgan fingerprint density at radius 2 is 1.91 bits per heavy atom. The van der Waals surface area contributed by atoms with Crippen molar-refractivity contribution in [1.29, 1.82) is 0 Å². The summed E-state index contributed by atoms with van der Waals surface area (Å²) in [5.41, 5.74) is 3.29. The molecule has 2 fully saturated rings. The molecule has 3 aliphatic rings. The largest absolute Gasteiger partial charge is 0.492 e. The van der Waals surface area contributed by atoms with E-state index in [-0.39, 0.29) is 5.43 Å². The second kappa shape index (κ2) is 9.68. The second-order valence-corrected chi connectivity index (χ2v) is 10.2. The Morgan fingerprint density at radius 3 is 2.74 bits per heavy atom. The Balaban J connectivity index is 1.22. The Labute approximate surface area is 207 Å². The number of hydrogen-bond donors (Lipinski definition) is 0. The molecule has 2 saturated heterocycles. The van der Waals surface area contributed by atoms with E-state index in [1.807, 2.05) is 18.2 Å². The molecule has 0 radical (unpaired) electrons. The lowest BCUT2D eigenvalue weighted by atomic mass is 10.0. The quantitative estimate of drug-likeness (QED) is 0.398. The summed E-state index contributed by atoms with van der Waals surface area (Å²) in [7, 11) is 0. The SMILES string of the molecule is O=c1cc(-c2cccc3c2Sc2ccc(OCCN4CC(F)C4)cc2C3)oc(N2CCOCC2)c1. The van der Waals surface area contributed by atoms with Gasteiger partial charge in [0.2, 0.25) is 0 Å². The molecule has 35 heavy (non-hydrogen) atoms. The molecule has 0 atom stereocenters. The first-order chi connectivity index (χ1) is 17.1. The van der Waals surface area contributed by atoms with E-state index in [1.165, 1.54) is 16.0 Å². The standard InChI is InChI=1S/C27H27FN2O4S/c28-20-16-29(17-20)6-11-33-22-4-5-25-19(13-22)12-18-2-1-3-23(27(18)35-25)24-14-21(31)15-26(34-24)30-7-9-32-10-8-30/h1-5,13-15,20H,6-12,16-17H2. The molecule has 0 unspecified atom stereocenters. The van der Waals surface area contributed by atoms with E-state index in [2.05, 4.69) is 28.0 Å². The van der Waals surface area contributed by atoms with Gasteiger partial charge in [0.15, 0.2) is 11.3 Å². The molecule has 6 rings (SSSR count). The van der Waals surface area contributed by atoms with E-state index in [4.69, 9.17) is 13.9 Å². The van der Waals surface area contributed by atoms with Gasteiger partial charge in [0, 0.05) is 60.2 Å².